The van der Waals surface area contributed by atoms with Crippen LogP contribution in [-0.4, -0.2) is 13.4 Å². The van der Waals surface area contributed by atoms with Gasteiger partial charge in [0.25, 0.3) is 10.0 Å². The molecule has 2 rings (SSSR count). The Morgan fingerprint density at radius 3 is 2.50 bits per heavy atom. The molecule has 1 aromatic carbocycles. The van der Waals surface area contributed by atoms with Gasteiger partial charge in [0, 0.05) is 0 Å². The molecule has 20 heavy (non-hydrogen) atoms. The number of halogens is 1. The second kappa shape index (κ2) is 5.49. The molecule has 0 atom stereocenters. The zero-order valence-electron chi connectivity index (χ0n) is 10.5. The van der Waals surface area contributed by atoms with Crippen molar-refractivity contribution in [1.82, 2.24) is 4.98 Å². The van der Waals surface area contributed by atoms with E-state index in [1.165, 1.54) is 30.5 Å². The van der Waals surface area contributed by atoms with Crippen molar-refractivity contribution in [2.75, 3.05) is 4.72 Å². The van der Waals surface area contributed by atoms with Crippen molar-refractivity contribution < 1.29 is 8.42 Å². The molecule has 1 aromatic heterocycles. The second-order valence-electron chi connectivity index (χ2n) is 4.07. The average molecular weight is 308 g/mol. The number of nitrogens with zero attached hydrogens (tertiary/aromatic N) is 2. The molecule has 0 aliphatic heterocycles. The van der Waals surface area contributed by atoms with Crippen LogP contribution in [0.5, 0.6) is 0 Å². The summed E-state index contributed by atoms with van der Waals surface area (Å²) in [6.07, 6.45) is 1.34. The van der Waals surface area contributed by atoms with Gasteiger partial charge in [-0.2, -0.15) is 5.26 Å². The Kier molecular flexibility index (Phi) is 3.93. The number of nitriles is 1. The van der Waals surface area contributed by atoms with E-state index in [-0.39, 0.29) is 4.90 Å². The van der Waals surface area contributed by atoms with Crippen molar-refractivity contribution in [2.45, 2.75) is 11.8 Å². The molecule has 0 fully saturated rings. The summed E-state index contributed by atoms with van der Waals surface area (Å²) in [5, 5.41) is 9.01. The summed E-state index contributed by atoms with van der Waals surface area (Å²) in [5.74, 6) is 0. The minimum atomic E-state index is -3.71. The van der Waals surface area contributed by atoms with Crippen molar-refractivity contribution >= 4 is 27.3 Å². The fraction of sp³-hybridized carbons (Fsp3) is 0.0769. The molecule has 0 unspecified atom stereocenters. The first-order valence-corrected chi connectivity index (χ1v) is 7.43. The molecule has 0 amide bonds. The Morgan fingerprint density at radius 2 is 1.95 bits per heavy atom. The van der Waals surface area contributed by atoms with Crippen LogP contribution in [0.25, 0.3) is 0 Å². The maximum Gasteiger partial charge on any atom is 0.261 e. The van der Waals surface area contributed by atoms with Crippen molar-refractivity contribution in [3.8, 4) is 6.07 Å². The van der Waals surface area contributed by atoms with E-state index in [1.54, 1.807) is 13.0 Å². The zero-order valence-corrected chi connectivity index (χ0v) is 12.0. The topological polar surface area (TPSA) is 82.9 Å². The first-order chi connectivity index (χ1) is 9.42. The molecule has 2 aromatic rings. The van der Waals surface area contributed by atoms with Crippen molar-refractivity contribution in [3.63, 3.8) is 0 Å². The van der Waals surface area contributed by atoms with E-state index in [0.29, 0.717) is 22.0 Å². The lowest BCUT2D eigenvalue weighted by atomic mass is 10.2. The van der Waals surface area contributed by atoms with Crippen LogP contribution in [0.1, 0.15) is 11.1 Å². The fourth-order valence-corrected chi connectivity index (χ4v) is 2.67. The van der Waals surface area contributed by atoms with Crippen LogP contribution in [0.15, 0.2) is 41.4 Å². The van der Waals surface area contributed by atoms with Crippen molar-refractivity contribution in [2.24, 2.45) is 0 Å². The largest absolute Gasteiger partial charge is 0.278 e. The predicted molar refractivity (Wildman–Crippen MR) is 75.9 cm³/mol. The Labute approximate surface area is 121 Å². The highest BCUT2D eigenvalue weighted by Gasteiger charge is 2.14. The molecule has 0 aliphatic rings. The van der Waals surface area contributed by atoms with Gasteiger partial charge in [-0.25, -0.2) is 13.4 Å². The number of aryl methyl sites for hydroxylation is 1. The molecular weight excluding hydrogens is 298 g/mol. The summed E-state index contributed by atoms with van der Waals surface area (Å²) >= 11 is 5.78. The van der Waals surface area contributed by atoms with Crippen LogP contribution in [-0.2, 0) is 10.0 Å². The van der Waals surface area contributed by atoms with Crippen LogP contribution in [0, 0.1) is 18.3 Å². The molecule has 0 saturated heterocycles. The van der Waals surface area contributed by atoms with Crippen LogP contribution < -0.4 is 4.72 Å². The highest BCUT2D eigenvalue weighted by atomic mass is 35.5. The van der Waals surface area contributed by atoms with Gasteiger partial charge >= 0.3 is 0 Å². The minimum Gasteiger partial charge on any atom is -0.278 e. The van der Waals surface area contributed by atoms with Gasteiger partial charge in [0.1, 0.15) is 5.15 Å². The number of pyridine rings is 1. The summed E-state index contributed by atoms with van der Waals surface area (Å²) in [5.41, 5.74) is 1.40. The maximum atomic E-state index is 12.1. The highest BCUT2D eigenvalue weighted by Crippen LogP contribution is 2.19. The monoisotopic (exact) mass is 307 g/mol. The quantitative estimate of drug-likeness (QED) is 0.884. The molecule has 0 bridgehead atoms. The van der Waals surface area contributed by atoms with Crippen LogP contribution in [0.3, 0.4) is 0 Å². The molecule has 0 saturated carbocycles. The normalized spacial score (nSPS) is 10.8. The van der Waals surface area contributed by atoms with Crippen LogP contribution in [0.4, 0.5) is 5.69 Å². The predicted octanol–water partition coefficient (Wildman–Crippen LogP) is 2.72. The number of nitrogens with one attached hydrogen (secondary N) is 1. The van der Waals surface area contributed by atoms with Gasteiger partial charge in [0.2, 0.25) is 0 Å². The van der Waals surface area contributed by atoms with Gasteiger partial charge in [-0.3, -0.25) is 4.72 Å². The summed E-state index contributed by atoms with van der Waals surface area (Å²) < 4.78 is 26.7. The van der Waals surface area contributed by atoms with Crippen molar-refractivity contribution in [3.05, 3.63) is 52.8 Å². The third-order valence-electron chi connectivity index (χ3n) is 2.56. The number of benzene rings is 1. The molecule has 1 heterocycles. The Morgan fingerprint density at radius 1 is 1.30 bits per heavy atom. The van der Waals surface area contributed by atoms with Gasteiger partial charge in [0.05, 0.1) is 28.4 Å². The van der Waals surface area contributed by atoms with Gasteiger partial charge in [-0.15, -0.1) is 0 Å². The van der Waals surface area contributed by atoms with Crippen LogP contribution >= 0.6 is 11.6 Å². The standard InChI is InChI=1S/C13H10ClN3O2S/c1-9-6-11(8-16-13(9)14)17-20(18,19)12-4-2-10(7-15)3-5-12/h2-6,8,17H,1H3. The Balaban J connectivity index is 2.30. The van der Waals surface area contributed by atoms with Gasteiger partial charge < -0.3 is 0 Å². The fourth-order valence-electron chi connectivity index (χ4n) is 1.54. The number of aromatic nitrogens is 1. The number of hydrogen-bond donors (Lipinski definition) is 1. The second-order valence-corrected chi connectivity index (χ2v) is 6.11. The first-order valence-electron chi connectivity index (χ1n) is 5.57. The Bertz CT molecular complexity index is 780. The third-order valence-corrected chi connectivity index (χ3v) is 4.35. The SMILES string of the molecule is Cc1cc(NS(=O)(=O)c2ccc(C#N)cc2)cnc1Cl. The lowest BCUT2D eigenvalue weighted by Gasteiger charge is -2.08. The molecule has 0 aliphatic carbocycles. The number of hydrogen-bond acceptors (Lipinski definition) is 4. The molecule has 7 heteroatoms. The average Bonchev–Trinajstić information content (AvgIpc) is 2.43. The minimum absolute atomic E-state index is 0.0732. The zero-order chi connectivity index (χ0) is 14.8. The number of anilines is 1. The first kappa shape index (κ1) is 14.3. The summed E-state index contributed by atoms with van der Waals surface area (Å²) in [7, 11) is -3.71. The lowest BCUT2D eigenvalue weighted by molar-refractivity contribution is 0.601. The summed E-state index contributed by atoms with van der Waals surface area (Å²) in [4.78, 5) is 3.95. The Hall–Kier alpha value is -2.10. The molecule has 102 valence electrons. The molecule has 5 nitrogen and oxygen atoms in total. The van der Waals surface area contributed by atoms with E-state index in [1.807, 2.05) is 6.07 Å². The van der Waals surface area contributed by atoms with E-state index < -0.39 is 10.0 Å². The molecule has 0 radical (unpaired) electrons. The number of sulfonamides is 1. The molecular formula is C13H10ClN3O2S. The van der Waals surface area contributed by atoms with E-state index >= 15 is 0 Å². The lowest BCUT2D eigenvalue weighted by Crippen LogP contribution is -2.13. The van der Waals surface area contributed by atoms with Crippen LogP contribution in [0.2, 0.25) is 5.15 Å². The van der Waals surface area contributed by atoms with Gasteiger partial charge in [0.15, 0.2) is 0 Å². The van der Waals surface area contributed by atoms with E-state index in [2.05, 4.69) is 9.71 Å². The molecule has 1 N–H and O–H groups in total. The van der Waals surface area contributed by atoms with Crippen molar-refractivity contribution in [1.29, 1.82) is 5.26 Å². The highest BCUT2D eigenvalue weighted by molar-refractivity contribution is 7.92. The molecule has 0 spiro atoms. The maximum absolute atomic E-state index is 12.1. The number of rotatable bonds is 3. The van der Waals surface area contributed by atoms with Gasteiger partial charge in [-0.1, -0.05) is 11.6 Å². The van der Waals surface area contributed by atoms with E-state index in [0.717, 1.165) is 0 Å². The summed E-state index contributed by atoms with van der Waals surface area (Å²) in [6, 6.07) is 9.16. The summed E-state index contributed by atoms with van der Waals surface area (Å²) in [6.45, 7) is 1.73. The van der Waals surface area contributed by atoms with E-state index in [4.69, 9.17) is 16.9 Å². The van der Waals surface area contributed by atoms with E-state index in [9.17, 15) is 8.42 Å². The third kappa shape index (κ3) is 3.07. The smallest absolute Gasteiger partial charge is 0.261 e. The van der Waals surface area contributed by atoms with Gasteiger partial charge in [-0.05, 0) is 42.8 Å².